The summed E-state index contributed by atoms with van der Waals surface area (Å²) in [5.74, 6) is 6.67. The van der Waals surface area contributed by atoms with E-state index in [1.165, 1.54) is 10.7 Å². The standard InChI is InChI=1S/C18H16N2O2/c1-22-16-9-7-13(8-10-16)15-11-17(20(19)18(21)12-15)14-5-3-2-4-6-14/h2-12H,19H2,1H3. The van der Waals surface area contributed by atoms with Crippen LogP contribution in [0.1, 0.15) is 0 Å². The summed E-state index contributed by atoms with van der Waals surface area (Å²) in [5, 5.41) is 0. The fraction of sp³-hybridized carbons (Fsp3) is 0.0556. The highest BCUT2D eigenvalue weighted by molar-refractivity contribution is 5.71. The van der Waals surface area contributed by atoms with E-state index in [9.17, 15) is 4.79 Å². The van der Waals surface area contributed by atoms with E-state index in [-0.39, 0.29) is 5.56 Å². The molecule has 2 aromatic carbocycles. The van der Waals surface area contributed by atoms with Crippen molar-refractivity contribution in [2.45, 2.75) is 0 Å². The molecule has 2 N–H and O–H groups in total. The number of nitrogens with zero attached hydrogens (tertiary/aromatic N) is 1. The number of nitrogen functional groups attached to an aromatic ring is 1. The molecule has 22 heavy (non-hydrogen) atoms. The summed E-state index contributed by atoms with van der Waals surface area (Å²) in [4.78, 5) is 12.1. The summed E-state index contributed by atoms with van der Waals surface area (Å²) in [6.45, 7) is 0. The van der Waals surface area contributed by atoms with Crippen LogP contribution < -0.4 is 16.1 Å². The molecule has 3 rings (SSSR count). The van der Waals surface area contributed by atoms with Gasteiger partial charge in [0, 0.05) is 11.6 Å². The predicted octanol–water partition coefficient (Wildman–Crippen LogP) is 2.90. The highest BCUT2D eigenvalue weighted by atomic mass is 16.5. The van der Waals surface area contributed by atoms with Gasteiger partial charge in [0.15, 0.2) is 0 Å². The topological polar surface area (TPSA) is 57.2 Å². The molecule has 0 aliphatic heterocycles. The normalized spacial score (nSPS) is 10.4. The number of hydrogen-bond acceptors (Lipinski definition) is 3. The molecule has 1 aromatic heterocycles. The van der Waals surface area contributed by atoms with E-state index in [4.69, 9.17) is 10.6 Å². The highest BCUT2D eigenvalue weighted by Gasteiger charge is 2.08. The average molecular weight is 292 g/mol. The lowest BCUT2D eigenvalue weighted by Gasteiger charge is -2.11. The highest BCUT2D eigenvalue weighted by Crippen LogP contribution is 2.25. The monoisotopic (exact) mass is 292 g/mol. The molecule has 0 unspecified atom stereocenters. The summed E-state index contributed by atoms with van der Waals surface area (Å²) >= 11 is 0. The first-order valence-electron chi connectivity index (χ1n) is 6.91. The maximum absolute atomic E-state index is 12.1. The van der Waals surface area contributed by atoms with E-state index in [2.05, 4.69) is 0 Å². The van der Waals surface area contributed by atoms with Crippen LogP contribution in [0.2, 0.25) is 0 Å². The molecule has 0 fully saturated rings. The summed E-state index contributed by atoms with van der Waals surface area (Å²) < 4.78 is 6.32. The quantitative estimate of drug-likeness (QED) is 0.755. The predicted molar refractivity (Wildman–Crippen MR) is 88.3 cm³/mol. The first-order chi connectivity index (χ1) is 10.7. The van der Waals surface area contributed by atoms with Crippen molar-refractivity contribution in [3.05, 3.63) is 77.1 Å². The van der Waals surface area contributed by atoms with Crippen LogP contribution in [0.5, 0.6) is 5.75 Å². The maximum atomic E-state index is 12.1. The van der Waals surface area contributed by atoms with Gasteiger partial charge in [-0.2, -0.15) is 0 Å². The van der Waals surface area contributed by atoms with Crippen LogP contribution in [0.15, 0.2) is 71.5 Å². The van der Waals surface area contributed by atoms with Gasteiger partial charge < -0.3 is 10.6 Å². The second-order valence-corrected chi connectivity index (χ2v) is 4.93. The fourth-order valence-corrected chi connectivity index (χ4v) is 2.36. The van der Waals surface area contributed by atoms with Crippen LogP contribution in [0.4, 0.5) is 0 Å². The van der Waals surface area contributed by atoms with Crippen LogP contribution in [0.3, 0.4) is 0 Å². The van der Waals surface area contributed by atoms with Crippen molar-refractivity contribution in [2.24, 2.45) is 0 Å². The molecule has 0 amide bonds. The Morgan fingerprint density at radius 3 is 2.18 bits per heavy atom. The maximum Gasteiger partial charge on any atom is 0.269 e. The molecule has 110 valence electrons. The second-order valence-electron chi connectivity index (χ2n) is 4.93. The molecular formula is C18H16N2O2. The van der Waals surface area contributed by atoms with Crippen LogP contribution in [0.25, 0.3) is 22.4 Å². The molecule has 0 saturated carbocycles. The molecule has 0 radical (unpaired) electrons. The number of pyridine rings is 1. The minimum atomic E-state index is -0.243. The van der Waals surface area contributed by atoms with Crippen LogP contribution >= 0.6 is 0 Å². The Labute approximate surface area is 128 Å². The summed E-state index contributed by atoms with van der Waals surface area (Å²) in [6.07, 6.45) is 0. The average Bonchev–Trinajstić information content (AvgIpc) is 2.58. The van der Waals surface area contributed by atoms with E-state index >= 15 is 0 Å². The Kier molecular flexibility index (Phi) is 3.66. The molecule has 0 spiro atoms. The first-order valence-corrected chi connectivity index (χ1v) is 6.91. The van der Waals surface area contributed by atoms with Gasteiger partial charge in [-0.05, 0) is 29.3 Å². The fourth-order valence-electron chi connectivity index (χ4n) is 2.36. The van der Waals surface area contributed by atoms with Gasteiger partial charge in [-0.1, -0.05) is 42.5 Å². The van der Waals surface area contributed by atoms with Crippen molar-refractivity contribution in [3.63, 3.8) is 0 Å². The molecule has 3 aromatic rings. The first kappa shape index (κ1) is 13.9. The number of benzene rings is 2. The van der Waals surface area contributed by atoms with Crippen LogP contribution in [-0.2, 0) is 0 Å². The smallest absolute Gasteiger partial charge is 0.269 e. The molecule has 4 heteroatoms. The summed E-state index contributed by atoms with van der Waals surface area (Å²) in [6, 6.07) is 20.6. The molecule has 0 aliphatic carbocycles. The van der Waals surface area contributed by atoms with Crippen molar-refractivity contribution in [2.75, 3.05) is 13.0 Å². The number of hydrogen-bond donors (Lipinski definition) is 1. The molecule has 1 heterocycles. The molecule has 0 saturated heterocycles. The van der Waals surface area contributed by atoms with Gasteiger partial charge in [0.05, 0.1) is 12.8 Å². The van der Waals surface area contributed by atoms with Gasteiger partial charge in [0.2, 0.25) is 0 Å². The minimum Gasteiger partial charge on any atom is -0.497 e. The SMILES string of the molecule is COc1ccc(-c2cc(-c3ccccc3)n(N)c(=O)c2)cc1. The molecule has 0 atom stereocenters. The lowest BCUT2D eigenvalue weighted by atomic mass is 10.0. The van der Waals surface area contributed by atoms with Gasteiger partial charge >= 0.3 is 0 Å². The van der Waals surface area contributed by atoms with Crippen LogP contribution in [0, 0.1) is 0 Å². The van der Waals surface area contributed by atoms with Gasteiger partial charge in [-0.25, -0.2) is 4.68 Å². The third-order valence-corrected chi connectivity index (χ3v) is 3.56. The number of nitrogens with two attached hydrogens (primary N) is 1. The number of ether oxygens (including phenoxy) is 1. The van der Waals surface area contributed by atoms with Gasteiger partial charge in [0.1, 0.15) is 5.75 Å². The zero-order chi connectivity index (χ0) is 15.5. The molecule has 4 nitrogen and oxygen atoms in total. The third-order valence-electron chi connectivity index (χ3n) is 3.56. The molecular weight excluding hydrogens is 276 g/mol. The molecule has 0 aliphatic rings. The van der Waals surface area contributed by atoms with Crippen molar-refractivity contribution in [1.29, 1.82) is 0 Å². The number of aromatic nitrogens is 1. The van der Waals surface area contributed by atoms with E-state index in [0.717, 1.165) is 22.4 Å². The van der Waals surface area contributed by atoms with Gasteiger partial charge in [0.25, 0.3) is 5.56 Å². The second kappa shape index (κ2) is 5.77. The van der Waals surface area contributed by atoms with Crippen molar-refractivity contribution in [3.8, 4) is 28.1 Å². The van der Waals surface area contributed by atoms with E-state index in [1.54, 1.807) is 7.11 Å². The largest absolute Gasteiger partial charge is 0.497 e. The third kappa shape index (κ3) is 2.59. The van der Waals surface area contributed by atoms with Crippen molar-refractivity contribution >= 4 is 0 Å². The Bertz CT molecular complexity index is 837. The van der Waals surface area contributed by atoms with Gasteiger partial charge in [-0.3, -0.25) is 4.79 Å². The van der Waals surface area contributed by atoms with Crippen LogP contribution in [-0.4, -0.2) is 11.8 Å². The van der Waals surface area contributed by atoms with Crippen molar-refractivity contribution in [1.82, 2.24) is 4.68 Å². The van der Waals surface area contributed by atoms with Crippen molar-refractivity contribution < 1.29 is 4.74 Å². The number of rotatable bonds is 3. The lowest BCUT2D eigenvalue weighted by molar-refractivity contribution is 0.415. The molecule has 0 bridgehead atoms. The van der Waals surface area contributed by atoms with E-state index < -0.39 is 0 Å². The summed E-state index contributed by atoms with van der Waals surface area (Å²) in [5.41, 5.74) is 3.10. The summed E-state index contributed by atoms with van der Waals surface area (Å²) in [7, 11) is 1.62. The zero-order valence-electron chi connectivity index (χ0n) is 12.2. The zero-order valence-corrected chi connectivity index (χ0v) is 12.2. The van der Waals surface area contributed by atoms with E-state index in [1.807, 2.05) is 60.7 Å². The van der Waals surface area contributed by atoms with E-state index in [0.29, 0.717) is 5.69 Å². The Hall–Kier alpha value is -3.01. The Morgan fingerprint density at radius 2 is 1.55 bits per heavy atom. The lowest BCUT2D eigenvalue weighted by Crippen LogP contribution is -2.28. The Balaban J connectivity index is 2.13. The number of methoxy groups -OCH3 is 1. The Morgan fingerprint density at radius 1 is 0.864 bits per heavy atom. The van der Waals surface area contributed by atoms with Gasteiger partial charge in [-0.15, -0.1) is 0 Å². The minimum absolute atomic E-state index is 0.243.